The first-order valence-corrected chi connectivity index (χ1v) is 18.2. The van der Waals surface area contributed by atoms with E-state index in [0.717, 1.165) is 63.7 Å². The zero-order valence-electron chi connectivity index (χ0n) is 29.0. The van der Waals surface area contributed by atoms with Crippen molar-refractivity contribution < 1.29 is 33.2 Å². The lowest BCUT2D eigenvalue weighted by Crippen LogP contribution is -2.34. The highest BCUT2D eigenvalue weighted by Gasteiger charge is 2.37. The number of benzene rings is 4. The molecule has 0 saturated carbocycles. The van der Waals surface area contributed by atoms with Gasteiger partial charge in [0.25, 0.3) is 0 Å². The molecule has 0 unspecified atom stereocenters. The zero-order valence-corrected chi connectivity index (χ0v) is 32.2. The normalized spacial score (nSPS) is 18.6. The lowest BCUT2D eigenvalue weighted by molar-refractivity contribution is -0.132. The van der Waals surface area contributed by atoms with E-state index in [0.29, 0.717) is 40.9 Å². The topological polar surface area (TPSA) is 78.9 Å². The fraction of sp³-hybridized carbons (Fsp3) is 0.359. The predicted molar refractivity (Wildman–Crippen MR) is 198 cm³/mol. The van der Waals surface area contributed by atoms with Crippen LogP contribution in [0.15, 0.2) is 57.5 Å². The highest BCUT2D eigenvalue weighted by Crippen LogP contribution is 2.55. The molecular weight excluding hydrogens is 768 g/mol. The fourth-order valence-electron chi connectivity index (χ4n) is 7.43. The summed E-state index contributed by atoms with van der Waals surface area (Å²) in [5.74, 6) is 3.65. The summed E-state index contributed by atoms with van der Waals surface area (Å²) in [6.45, 7) is 3.08. The van der Waals surface area contributed by atoms with Gasteiger partial charge < -0.3 is 28.4 Å². The quantitative estimate of drug-likeness (QED) is 0.149. The van der Waals surface area contributed by atoms with Crippen LogP contribution in [0.3, 0.4) is 0 Å². The van der Waals surface area contributed by atoms with Gasteiger partial charge in [-0.15, -0.1) is 0 Å². The zero-order chi connectivity index (χ0) is 35.3. The monoisotopic (exact) mass is 806 g/mol. The summed E-state index contributed by atoms with van der Waals surface area (Å²) in [6.07, 6.45) is 2.96. The molecule has 0 spiro atoms. The van der Waals surface area contributed by atoms with Crippen LogP contribution >= 0.6 is 31.9 Å². The van der Waals surface area contributed by atoms with E-state index >= 15 is 0 Å². The summed E-state index contributed by atoms with van der Waals surface area (Å²) < 4.78 is 38.8. The van der Waals surface area contributed by atoms with Crippen LogP contribution in [0.2, 0.25) is 0 Å². The van der Waals surface area contributed by atoms with E-state index in [1.807, 2.05) is 24.3 Å². The van der Waals surface area contributed by atoms with Gasteiger partial charge in [-0.1, -0.05) is 28.1 Å². The molecule has 0 aromatic heterocycles. The summed E-state index contributed by atoms with van der Waals surface area (Å²) in [5.41, 5.74) is 6.50. The molecule has 6 bridgehead atoms. The van der Waals surface area contributed by atoms with Crippen LogP contribution in [0.5, 0.6) is 46.0 Å². The smallest absolute Gasteiger partial charge is 0.308 e. The van der Waals surface area contributed by atoms with E-state index in [1.165, 1.54) is 23.6 Å². The third-order valence-electron chi connectivity index (χ3n) is 10.1. The van der Waals surface area contributed by atoms with Crippen LogP contribution in [0, 0.1) is 0 Å². The molecule has 0 radical (unpaired) electrons. The molecule has 11 heteroatoms. The number of esters is 1. The number of rotatable bonds is 4. The van der Waals surface area contributed by atoms with Crippen LogP contribution in [0.25, 0.3) is 0 Å². The van der Waals surface area contributed by atoms with Gasteiger partial charge in [0, 0.05) is 42.1 Å². The number of carbonyl (C=O) groups is 1. The molecule has 0 aliphatic carbocycles. The minimum Gasteiger partial charge on any atom is -0.493 e. The van der Waals surface area contributed by atoms with Crippen molar-refractivity contribution in [3.8, 4) is 46.0 Å². The molecule has 0 saturated heterocycles. The number of nitrogens with zero attached hydrogens (tertiary/aromatic N) is 2. The average molecular weight is 809 g/mol. The molecule has 0 N–H and O–H groups in total. The van der Waals surface area contributed by atoms with Crippen molar-refractivity contribution in [3.63, 3.8) is 0 Å². The highest BCUT2D eigenvalue weighted by molar-refractivity contribution is 9.11. The van der Waals surface area contributed by atoms with Gasteiger partial charge >= 0.3 is 5.97 Å². The van der Waals surface area contributed by atoms with Crippen LogP contribution in [-0.2, 0) is 30.5 Å². The Morgan fingerprint density at radius 3 is 2.16 bits per heavy atom. The number of methoxy groups -OCH3 is 3. The van der Waals surface area contributed by atoms with Gasteiger partial charge in [0.2, 0.25) is 5.75 Å². The molecule has 9 nitrogen and oxygen atoms in total. The Hall–Kier alpha value is -3.77. The van der Waals surface area contributed by atoms with Crippen LogP contribution in [0.4, 0.5) is 0 Å². The Bertz CT molecular complexity index is 1970. The average Bonchev–Trinajstić information content (AvgIpc) is 3.10. The van der Waals surface area contributed by atoms with Gasteiger partial charge in [0.05, 0.1) is 25.8 Å². The SMILES string of the molecule is COc1cc(Br)c2cc1Oc1ccc(cc1)C[C@H]1c3cc(c(OC)cc3CCN1C)Oc1c(OC(C)=O)c(OC)c(Br)c3c1[C@H](C2)N(C)CC3. The van der Waals surface area contributed by atoms with E-state index in [9.17, 15) is 4.79 Å². The van der Waals surface area contributed by atoms with Crippen LogP contribution < -0.4 is 28.4 Å². The number of hydrogen-bond donors (Lipinski definition) is 0. The van der Waals surface area contributed by atoms with Crippen LogP contribution in [-0.4, -0.2) is 64.3 Å². The fourth-order valence-corrected chi connectivity index (χ4v) is 8.67. The summed E-state index contributed by atoms with van der Waals surface area (Å²) >= 11 is 7.66. The molecule has 262 valence electrons. The van der Waals surface area contributed by atoms with Crippen molar-refractivity contribution in [2.24, 2.45) is 0 Å². The number of hydrogen-bond acceptors (Lipinski definition) is 9. The Labute approximate surface area is 309 Å². The lowest BCUT2D eigenvalue weighted by Gasteiger charge is -2.38. The van der Waals surface area contributed by atoms with E-state index in [-0.39, 0.29) is 17.8 Å². The van der Waals surface area contributed by atoms with Crippen molar-refractivity contribution in [2.75, 3.05) is 48.5 Å². The van der Waals surface area contributed by atoms with Gasteiger partial charge in [-0.25, -0.2) is 0 Å². The Kier molecular flexibility index (Phi) is 9.77. The van der Waals surface area contributed by atoms with E-state index in [4.69, 9.17) is 28.4 Å². The summed E-state index contributed by atoms with van der Waals surface area (Å²) in [7, 11) is 9.13. The Morgan fingerprint density at radius 2 is 1.46 bits per heavy atom. The van der Waals surface area contributed by atoms with Crippen LogP contribution in [0.1, 0.15) is 52.4 Å². The molecule has 4 heterocycles. The minimum absolute atomic E-state index is 0.0898. The van der Waals surface area contributed by atoms with E-state index in [1.54, 1.807) is 21.3 Å². The molecule has 8 rings (SSSR count). The second kappa shape index (κ2) is 14.1. The van der Waals surface area contributed by atoms with Crippen molar-refractivity contribution in [1.82, 2.24) is 9.80 Å². The van der Waals surface area contributed by atoms with Crippen molar-refractivity contribution in [2.45, 2.75) is 44.7 Å². The molecule has 4 aromatic rings. The van der Waals surface area contributed by atoms with E-state index in [2.05, 4.69) is 80.0 Å². The second-order valence-corrected chi connectivity index (χ2v) is 14.7. The van der Waals surface area contributed by atoms with Crippen molar-refractivity contribution in [1.29, 1.82) is 0 Å². The maximum Gasteiger partial charge on any atom is 0.308 e. The van der Waals surface area contributed by atoms with E-state index < -0.39 is 5.97 Å². The predicted octanol–water partition coefficient (Wildman–Crippen LogP) is 8.60. The maximum atomic E-state index is 12.7. The first kappa shape index (κ1) is 34.7. The molecular formula is C39H40Br2N2O7. The molecule has 50 heavy (non-hydrogen) atoms. The maximum absolute atomic E-state index is 12.7. The number of likely N-dealkylation sites (N-methyl/N-ethyl adjacent to an activating group) is 2. The minimum atomic E-state index is -0.486. The molecule has 2 atom stereocenters. The molecule has 4 aromatic carbocycles. The molecule has 0 fully saturated rings. The van der Waals surface area contributed by atoms with Gasteiger partial charge in [-0.05, 0) is 120 Å². The van der Waals surface area contributed by atoms with Gasteiger partial charge in [0.15, 0.2) is 34.5 Å². The number of ether oxygens (including phenoxy) is 6. The van der Waals surface area contributed by atoms with Gasteiger partial charge in [0.1, 0.15) is 5.75 Å². The first-order valence-electron chi connectivity index (χ1n) is 16.6. The Morgan fingerprint density at radius 1 is 0.780 bits per heavy atom. The number of fused-ring (bicyclic) bond motifs is 2. The lowest BCUT2D eigenvalue weighted by atomic mass is 9.87. The number of halogens is 2. The van der Waals surface area contributed by atoms with Gasteiger partial charge in [-0.2, -0.15) is 0 Å². The first-order chi connectivity index (χ1) is 24.1. The third kappa shape index (κ3) is 6.33. The summed E-state index contributed by atoms with van der Waals surface area (Å²) in [6, 6.07) is 16.3. The second-order valence-electron chi connectivity index (χ2n) is 13.0. The molecule has 0 amide bonds. The summed E-state index contributed by atoms with van der Waals surface area (Å²) in [4.78, 5) is 17.4. The van der Waals surface area contributed by atoms with Gasteiger partial charge in [-0.3, -0.25) is 14.6 Å². The Balaban J connectivity index is 1.52. The van der Waals surface area contributed by atoms with Crippen molar-refractivity contribution >= 4 is 37.8 Å². The molecule has 4 aliphatic rings. The van der Waals surface area contributed by atoms with Crippen molar-refractivity contribution in [3.05, 3.63) is 90.9 Å². The molecule has 4 aliphatic heterocycles. The number of carbonyl (C=O) groups excluding carboxylic acids is 1. The highest BCUT2D eigenvalue weighted by atomic mass is 79.9. The summed E-state index contributed by atoms with van der Waals surface area (Å²) in [5, 5.41) is 0. The standard InChI is InChI=1S/C39H40Br2N2O7/c1-21(44)48-39-37-35-26(36(41)38(39)47-6)12-14-43(3)30(35)16-24-18-33(32(46-5)20-28(24)40)49-25-9-7-22(8-10-25)15-29-27-19-34(50-37)31(45-4)17-23(27)11-13-42(29)2/h7-10,17-20,29-30H,11-16H2,1-6H3/t29-,30-/m0/s1. The third-order valence-corrected chi connectivity index (χ3v) is 11.6. The largest absolute Gasteiger partial charge is 0.493 e.